The first-order valence-corrected chi connectivity index (χ1v) is 6.62. The summed E-state index contributed by atoms with van der Waals surface area (Å²) < 4.78 is 0. The van der Waals surface area contributed by atoms with Gasteiger partial charge >= 0.3 is 6.03 Å². The number of urea groups is 1. The van der Waals surface area contributed by atoms with E-state index < -0.39 is 0 Å². The van der Waals surface area contributed by atoms with Crippen molar-refractivity contribution in [1.29, 1.82) is 0 Å². The molecule has 0 radical (unpaired) electrons. The van der Waals surface area contributed by atoms with E-state index in [1.807, 2.05) is 6.92 Å². The molecule has 0 saturated carbocycles. The lowest BCUT2D eigenvalue weighted by Gasteiger charge is -2.34. The zero-order valence-corrected chi connectivity index (χ0v) is 11.4. The molecule has 3 amide bonds. The summed E-state index contributed by atoms with van der Waals surface area (Å²) in [6.07, 6.45) is 2.91. The molecule has 2 heterocycles. The van der Waals surface area contributed by atoms with Gasteiger partial charge in [0.2, 0.25) is 0 Å². The van der Waals surface area contributed by atoms with Gasteiger partial charge in [-0.25, -0.2) is 4.79 Å². The fourth-order valence-corrected chi connectivity index (χ4v) is 2.13. The average Bonchev–Trinajstić information content (AvgIpc) is 2.47. The lowest BCUT2D eigenvalue weighted by atomic mass is 10.2. The van der Waals surface area contributed by atoms with Crippen LogP contribution in [-0.4, -0.2) is 59.4 Å². The molecule has 0 bridgehead atoms. The molecule has 7 nitrogen and oxygen atoms in total. The Bertz CT molecular complexity index is 547. The number of H-pyrrole nitrogens is 1. The van der Waals surface area contributed by atoms with Crippen LogP contribution in [0.4, 0.5) is 4.79 Å². The van der Waals surface area contributed by atoms with Crippen LogP contribution < -0.4 is 10.7 Å². The summed E-state index contributed by atoms with van der Waals surface area (Å²) in [5.74, 6) is -0.289. The fraction of sp³-hybridized carbons (Fsp3) is 0.462. The summed E-state index contributed by atoms with van der Waals surface area (Å²) in [5, 5.41) is 2.73. The zero-order chi connectivity index (χ0) is 14.5. The molecule has 0 unspecified atom stereocenters. The second-order valence-electron chi connectivity index (χ2n) is 4.54. The Hall–Kier alpha value is -2.31. The molecule has 2 rings (SSSR count). The van der Waals surface area contributed by atoms with Gasteiger partial charge in [-0.1, -0.05) is 0 Å². The Morgan fingerprint density at radius 3 is 2.50 bits per heavy atom. The maximum atomic E-state index is 12.2. The van der Waals surface area contributed by atoms with E-state index >= 15 is 0 Å². The molecule has 1 aromatic rings. The van der Waals surface area contributed by atoms with E-state index in [4.69, 9.17) is 0 Å². The third kappa shape index (κ3) is 2.98. The summed E-state index contributed by atoms with van der Waals surface area (Å²) in [6, 6.07) is 1.22. The van der Waals surface area contributed by atoms with Crippen molar-refractivity contribution in [3.63, 3.8) is 0 Å². The second kappa shape index (κ2) is 6.23. The molecule has 7 heteroatoms. The first kappa shape index (κ1) is 14.1. The number of carbonyl (C=O) groups is 2. The van der Waals surface area contributed by atoms with Crippen molar-refractivity contribution >= 4 is 11.9 Å². The maximum absolute atomic E-state index is 12.2. The van der Waals surface area contributed by atoms with Gasteiger partial charge in [0.25, 0.3) is 5.91 Å². The topological polar surface area (TPSA) is 85.5 Å². The largest absolute Gasteiger partial charge is 0.367 e. The van der Waals surface area contributed by atoms with Crippen molar-refractivity contribution < 1.29 is 9.59 Å². The smallest absolute Gasteiger partial charge is 0.317 e. The molecule has 0 spiro atoms. The third-order valence-corrected chi connectivity index (χ3v) is 3.24. The SMILES string of the molecule is CCNC(=O)N1CCN(C(=O)c2c[nH]ccc2=O)CC1. The first-order valence-electron chi connectivity index (χ1n) is 6.62. The number of pyridine rings is 1. The molecular weight excluding hydrogens is 260 g/mol. The maximum Gasteiger partial charge on any atom is 0.317 e. The first-order chi connectivity index (χ1) is 9.63. The van der Waals surface area contributed by atoms with Gasteiger partial charge in [-0.15, -0.1) is 0 Å². The standard InChI is InChI=1S/C13H18N4O3/c1-2-15-13(20)17-7-5-16(6-8-17)12(19)10-9-14-4-3-11(10)18/h3-4,9H,2,5-8H2,1H3,(H,14,18)(H,15,20). The lowest BCUT2D eigenvalue weighted by molar-refractivity contribution is 0.0663. The van der Waals surface area contributed by atoms with E-state index in [0.29, 0.717) is 32.7 Å². The van der Waals surface area contributed by atoms with Crippen molar-refractivity contribution in [2.24, 2.45) is 0 Å². The number of amides is 3. The summed E-state index contributed by atoms with van der Waals surface area (Å²) in [4.78, 5) is 41.5. The van der Waals surface area contributed by atoms with E-state index in [9.17, 15) is 14.4 Å². The van der Waals surface area contributed by atoms with Gasteiger partial charge < -0.3 is 20.1 Å². The molecule has 108 valence electrons. The van der Waals surface area contributed by atoms with Crippen LogP contribution in [0.2, 0.25) is 0 Å². The molecule has 1 aliphatic rings. The van der Waals surface area contributed by atoms with Crippen LogP contribution in [0, 0.1) is 0 Å². The number of rotatable bonds is 2. The Morgan fingerprint density at radius 2 is 1.90 bits per heavy atom. The third-order valence-electron chi connectivity index (χ3n) is 3.24. The number of hydrogen-bond donors (Lipinski definition) is 2. The van der Waals surface area contributed by atoms with E-state index in [-0.39, 0.29) is 22.9 Å². The highest BCUT2D eigenvalue weighted by Gasteiger charge is 2.25. The molecule has 0 aromatic carbocycles. The monoisotopic (exact) mass is 278 g/mol. The molecule has 0 atom stereocenters. The molecule has 1 aromatic heterocycles. The number of carbonyl (C=O) groups excluding carboxylic acids is 2. The predicted octanol–water partition coefficient (Wildman–Crippen LogP) is -0.138. The van der Waals surface area contributed by atoms with Gasteiger partial charge in [0.05, 0.1) is 0 Å². The van der Waals surface area contributed by atoms with Gasteiger partial charge in [-0.05, 0) is 6.92 Å². The van der Waals surface area contributed by atoms with E-state index in [1.54, 1.807) is 9.80 Å². The van der Waals surface area contributed by atoms with Gasteiger partial charge in [0, 0.05) is 51.2 Å². The van der Waals surface area contributed by atoms with Crippen molar-refractivity contribution in [2.75, 3.05) is 32.7 Å². The molecule has 1 saturated heterocycles. The van der Waals surface area contributed by atoms with Gasteiger partial charge in [0.1, 0.15) is 5.56 Å². The highest BCUT2D eigenvalue weighted by atomic mass is 16.2. The molecule has 1 aliphatic heterocycles. The number of nitrogens with zero attached hydrogens (tertiary/aromatic N) is 2. The lowest BCUT2D eigenvalue weighted by Crippen LogP contribution is -2.53. The Balaban J connectivity index is 1.97. The number of nitrogens with one attached hydrogen (secondary N) is 2. The number of aromatic amines is 1. The van der Waals surface area contributed by atoms with Crippen molar-refractivity contribution in [3.8, 4) is 0 Å². The van der Waals surface area contributed by atoms with Crippen LogP contribution in [0.3, 0.4) is 0 Å². The summed E-state index contributed by atoms with van der Waals surface area (Å²) in [5.41, 5.74) is -0.154. The second-order valence-corrected chi connectivity index (χ2v) is 4.54. The molecule has 20 heavy (non-hydrogen) atoms. The minimum absolute atomic E-state index is 0.114. The number of piperazine rings is 1. The van der Waals surface area contributed by atoms with E-state index in [1.165, 1.54) is 18.5 Å². The van der Waals surface area contributed by atoms with Gasteiger partial charge in [-0.3, -0.25) is 9.59 Å². The Labute approximate surface area is 116 Å². The average molecular weight is 278 g/mol. The van der Waals surface area contributed by atoms with Crippen molar-refractivity contribution in [3.05, 3.63) is 34.2 Å². The zero-order valence-electron chi connectivity index (χ0n) is 11.4. The van der Waals surface area contributed by atoms with Gasteiger partial charge in [0.15, 0.2) is 5.43 Å². The number of aromatic nitrogens is 1. The van der Waals surface area contributed by atoms with Crippen molar-refractivity contribution in [2.45, 2.75) is 6.92 Å². The van der Waals surface area contributed by atoms with Crippen molar-refractivity contribution in [1.82, 2.24) is 20.1 Å². The highest BCUT2D eigenvalue weighted by Crippen LogP contribution is 2.05. The van der Waals surface area contributed by atoms with Crippen LogP contribution in [0.5, 0.6) is 0 Å². The normalized spacial score (nSPS) is 15.1. The van der Waals surface area contributed by atoms with Crippen LogP contribution in [0.15, 0.2) is 23.3 Å². The van der Waals surface area contributed by atoms with Crippen LogP contribution in [0.1, 0.15) is 17.3 Å². The summed E-state index contributed by atoms with van der Waals surface area (Å²) >= 11 is 0. The highest BCUT2D eigenvalue weighted by molar-refractivity contribution is 5.94. The molecule has 2 N–H and O–H groups in total. The summed E-state index contributed by atoms with van der Waals surface area (Å²) in [6.45, 7) is 4.26. The summed E-state index contributed by atoms with van der Waals surface area (Å²) in [7, 11) is 0. The Morgan fingerprint density at radius 1 is 1.25 bits per heavy atom. The predicted molar refractivity (Wildman–Crippen MR) is 73.6 cm³/mol. The van der Waals surface area contributed by atoms with Crippen LogP contribution in [-0.2, 0) is 0 Å². The fourth-order valence-electron chi connectivity index (χ4n) is 2.13. The minimum Gasteiger partial charge on any atom is -0.367 e. The minimum atomic E-state index is -0.292. The quantitative estimate of drug-likeness (QED) is 0.789. The molecule has 1 fully saturated rings. The van der Waals surface area contributed by atoms with E-state index in [2.05, 4.69) is 10.3 Å². The number of hydrogen-bond acceptors (Lipinski definition) is 3. The van der Waals surface area contributed by atoms with E-state index in [0.717, 1.165) is 0 Å². The van der Waals surface area contributed by atoms with Crippen LogP contribution >= 0.6 is 0 Å². The Kier molecular flexibility index (Phi) is 4.39. The molecule has 0 aliphatic carbocycles. The molecular formula is C13H18N4O3. The van der Waals surface area contributed by atoms with Crippen LogP contribution in [0.25, 0.3) is 0 Å². The van der Waals surface area contributed by atoms with Gasteiger partial charge in [-0.2, -0.15) is 0 Å².